The van der Waals surface area contributed by atoms with Gasteiger partial charge in [0.1, 0.15) is 23.4 Å². The summed E-state index contributed by atoms with van der Waals surface area (Å²) in [5.41, 5.74) is 6.60. The van der Waals surface area contributed by atoms with Crippen LogP contribution < -0.4 is 5.73 Å². The summed E-state index contributed by atoms with van der Waals surface area (Å²) in [7, 11) is 1.38. The summed E-state index contributed by atoms with van der Waals surface area (Å²) in [5.74, 6) is 0.471. The second-order valence-corrected chi connectivity index (χ2v) is 8.25. The summed E-state index contributed by atoms with van der Waals surface area (Å²) in [6.45, 7) is 0. The molecule has 33 heavy (non-hydrogen) atoms. The number of fused-ring (bicyclic) bond motifs is 2. The third-order valence-corrected chi connectivity index (χ3v) is 6.33. The largest absolute Gasteiger partial charge is 0.469 e. The number of aromatic amines is 1. The number of methoxy groups -OCH3 is 1. The molecule has 1 aliphatic carbocycles. The SMILES string of the molecule is COC(=O)[C@H]1CC[C@H](c2nc(-c3cc4cccc(C(F)(F)F)c4[nH]3)c3c(N)ncnn32)CC1. The molecule has 4 aromatic rings. The third kappa shape index (κ3) is 3.57. The lowest BCUT2D eigenvalue weighted by Gasteiger charge is -2.25. The van der Waals surface area contributed by atoms with Crippen molar-refractivity contribution in [2.24, 2.45) is 5.92 Å². The van der Waals surface area contributed by atoms with Gasteiger partial charge in [-0.3, -0.25) is 4.79 Å². The number of para-hydroxylation sites is 1. The van der Waals surface area contributed by atoms with Crippen LogP contribution in [0.15, 0.2) is 30.6 Å². The summed E-state index contributed by atoms with van der Waals surface area (Å²) in [6.07, 6.45) is -0.457. The molecule has 0 aliphatic heterocycles. The summed E-state index contributed by atoms with van der Waals surface area (Å²) >= 11 is 0. The highest BCUT2D eigenvalue weighted by molar-refractivity contribution is 5.92. The van der Waals surface area contributed by atoms with E-state index >= 15 is 0 Å². The number of halogens is 3. The van der Waals surface area contributed by atoms with E-state index in [-0.39, 0.29) is 29.1 Å². The van der Waals surface area contributed by atoms with Crippen LogP contribution in [0.2, 0.25) is 0 Å². The zero-order chi connectivity index (χ0) is 23.3. The Bertz CT molecular complexity index is 1350. The molecular weight excluding hydrogens is 437 g/mol. The molecule has 5 rings (SSSR count). The molecule has 3 heterocycles. The van der Waals surface area contributed by atoms with Gasteiger partial charge in [-0.1, -0.05) is 12.1 Å². The van der Waals surface area contributed by atoms with Crippen LogP contribution in [-0.2, 0) is 15.7 Å². The minimum atomic E-state index is -4.50. The second kappa shape index (κ2) is 7.75. The fraction of sp³-hybridized carbons (Fsp3) is 0.364. The number of nitrogen functional groups attached to an aromatic ring is 1. The van der Waals surface area contributed by atoms with E-state index in [9.17, 15) is 18.0 Å². The molecule has 0 amide bonds. The van der Waals surface area contributed by atoms with Crippen molar-refractivity contribution in [2.75, 3.05) is 12.8 Å². The number of nitrogens with two attached hydrogens (primary N) is 1. The van der Waals surface area contributed by atoms with E-state index in [0.29, 0.717) is 53.8 Å². The number of rotatable bonds is 3. The molecule has 0 bridgehead atoms. The van der Waals surface area contributed by atoms with Crippen LogP contribution in [-0.4, -0.2) is 37.6 Å². The van der Waals surface area contributed by atoms with Crippen LogP contribution in [0.3, 0.4) is 0 Å². The van der Waals surface area contributed by atoms with E-state index in [4.69, 9.17) is 15.5 Å². The van der Waals surface area contributed by atoms with Gasteiger partial charge in [0, 0.05) is 11.3 Å². The molecule has 1 saturated carbocycles. The summed E-state index contributed by atoms with van der Waals surface area (Å²) in [6, 6.07) is 5.64. The topological polar surface area (TPSA) is 111 Å². The second-order valence-electron chi connectivity index (χ2n) is 8.25. The van der Waals surface area contributed by atoms with Gasteiger partial charge < -0.3 is 15.5 Å². The van der Waals surface area contributed by atoms with E-state index < -0.39 is 11.7 Å². The molecule has 3 N–H and O–H groups in total. The van der Waals surface area contributed by atoms with Gasteiger partial charge in [0.15, 0.2) is 5.82 Å². The molecule has 172 valence electrons. The van der Waals surface area contributed by atoms with Crippen molar-refractivity contribution in [3.05, 3.63) is 42.0 Å². The van der Waals surface area contributed by atoms with Crippen molar-refractivity contribution < 1.29 is 22.7 Å². The number of carbonyl (C=O) groups excluding carboxylic acids is 1. The maximum atomic E-state index is 13.5. The van der Waals surface area contributed by atoms with Crippen LogP contribution in [0.25, 0.3) is 27.8 Å². The van der Waals surface area contributed by atoms with Gasteiger partial charge in [0.25, 0.3) is 0 Å². The van der Waals surface area contributed by atoms with Gasteiger partial charge in [0.05, 0.1) is 29.8 Å². The predicted molar refractivity (Wildman–Crippen MR) is 114 cm³/mol. The molecule has 1 aromatic carbocycles. The molecule has 0 unspecified atom stereocenters. The Hall–Kier alpha value is -3.63. The van der Waals surface area contributed by atoms with Crippen LogP contribution in [0.4, 0.5) is 19.0 Å². The molecular formula is C22H21F3N6O2. The molecule has 0 atom stereocenters. The van der Waals surface area contributed by atoms with Crippen LogP contribution in [0, 0.1) is 5.92 Å². The summed E-state index contributed by atoms with van der Waals surface area (Å²) in [5, 5.41) is 4.74. The van der Waals surface area contributed by atoms with Crippen molar-refractivity contribution in [1.82, 2.24) is 24.6 Å². The Morgan fingerprint density at radius 2 is 2.00 bits per heavy atom. The number of nitrogens with one attached hydrogen (secondary N) is 1. The number of alkyl halides is 3. The fourth-order valence-corrected chi connectivity index (χ4v) is 4.70. The lowest BCUT2D eigenvalue weighted by atomic mass is 9.81. The number of ether oxygens (including phenoxy) is 1. The minimum Gasteiger partial charge on any atom is -0.469 e. The highest BCUT2D eigenvalue weighted by Gasteiger charge is 2.34. The first-order valence-corrected chi connectivity index (χ1v) is 10.5. The maximum absolute atomic E-state index is 13.5. The number of hydrogen-bond acceptors (Lipinski definition) is 6. The van der Waals surface area contributed by atoms with Crippen LogP contribution in [0.1, 0.15) is 43.0 Å². The Kier molecular flexibility index (Phi) is 4.98. The Morgan fingerprint density at radius 1 is 1.24 bits per heavy atom. The van der Waals surface area contributed by atoms with E-state index in [0.717, 1.165) is 6.07 Å². The fourth-order valence-electron chi connectivity index (χ4n) is 4.70. The predicted octanol–water partition coefficient (Wildman–Crippen LogP) is 4.32. The molecule has 11 heteroatoms. The minimum absolute atomic E-state index is 0.0107. The number of hydrogen-bond donors (Lipinski definition) is 2. The van der Waals surface area contributed by atoms with Crippen molar-refractivity contribution in [3.63, 3.8) is 0 Å². The highest BCUT2D eigenvalue weighted by atomic mass is 19.4. The van der Waals surface area contributed by atoms with E-state index in [1.165, 1.54) is 19.5 Å². The van der Waals surface area contributed by atoms with Crippen LogP contribution >= 0.6 is 0 Å². The van der Waals surface area contributed by atoms with Gasteiger partial charge in [-0.05, 0) is 37.8 Å². The standard InChI is InChI=1S/C22H21F3N6O2/c1-33-21(32)12-7-5-11(6-8-12)20-30-17(18-19(26)27-10-28-31(18)20)15-9-13-3-2-4-14(16(13)29-15)22(23,24)25/h2-4,9-12,29H,5-8H2,1H3,(H2,26,27,28)/t11-,12-. The quantitative estimate of drug-likeness (QED) is 0.443. The number of aromatic nitrogens is 5. The van der Waals surface area contributed by atoms with Crippen molar-refractivity contribution in [3.8, 4) is 11.4 Å². The molecule has 3 aromatic heterocycles. The van der Waals surface area contributed by atoms with Crippen molar-refractivity contribution in [1.29, 1.82) is 0 Å². The molecule has 0 radical (unpaired) electrons. The van der Waals surface area contributed by atoms with Gasteiger partial charge in [-0.25, -0.2) is 14.5 Å². The number of esters is 1. The van der Waals surface area contributed by atoms with Crippen molar-refractivity contribution in [2.45, 2.75) is 37.8 Å². The Labute approximate surface area is 186 Å². The van der Waals surface area contributed by atoms with Gasteiger partial charge in [0.2, 0.25) is 0 Å². The maximum Gasteiger partial charge on any atom is 0.418 e. The van der Waals surface area contributed by atoms with Gasteiger partial charge in [-0.15, -0.1) is 0 Å². The average molecular weight is 458 g/mol. The smallest absolute Gasteiger partial charge is 0.418 e. The zero-order valence-electron chi connectivity index (χ0n) is 17.7. The lowest BCUT2D eigenvalue weighted by Crippen LogP contribution is -2.23. The third-order valence-electron chi connectivity index (χ3n) is 6.33. The summed E-state index contributed by atoms with van der Waals surface area (Å²) < 4.78 is 47.0. The first-order chi connectivity index (χ1) is 15.8. The van der Waals surface area contributed by atoms with Gasteiger partial charge >= 0.3 is 12.1 Å². The average Bonchev–Trinajstić information content (AvgIpc) is 3.40. The molecule has 1 aliphatic rings. The number of H-pyrrole nitrogens is 1. The van der Waals surface area contributed by atoms with E-state index in [1.807, 2.05) is 0 Å². The Balaban J connectivity index is 1.60. The zero-order valence-corrected chi connectivity index (χ0v) is 17.7. The van der Waals surface area contributed by atoms with E-state index in [1.54, 1.807) is 16.6 Å². The number of carbonyl (C=O) groups is 1. The lowest BCUT2D eigenvalue weighted by molar-refractivity contribution is -0.146. The van der Waals surface area contributed by atoms with Crippen LogP contribution in [0.5, 0.6) is 0 Å². The van der Waals surface area contributed by atoms with Crippen molar-refractivity contribution >= 4 is 28.2 Å². The van der Waals surface area contributed by atoms with Gasteiger partial charge in [-0.2, -0.15) is 18.3 Å². The summed E-state index contributed by atoms with van der Waals surface area (Å²) in [4.78, 5) is 23.6. The molecule has 0 spiro atoms. The monoisotopic (exact) mass is 458 g/mol. The number of imidazole rings is 1. The number of benzene rings is 1. The number of anilines is 1. The normalized spacial score (nSPS) is 19.3. The Morgan fingerprint density at radius 3 is 2.70 bits per heavy atom. The highest BCUT2D eigenvalue weighted by Crippen LogP contribution is 2.40. The molecule has 1 fully saturated rings. The number of nitrogens with zero attached hydrogens (tertiary/aromatic N) is 4. The van der Waals surface area contributed by atoms with E-state index in [2.05, 4.69) is 15.1 Å². The first-order valence-electron chi connectivity index (χ1n) is 10.5. The molecule has 0 saturated heterocycles. The first kappa shape index (κ1) is 21.2. The molecule has 8 nitrogen and oxygen atoms in total.